The molecule has 2 heteroatoms. The topological polar surface area (TPSA) is 35.2 Å². The predicted octanol–water partition coefficient (Wildman–Crippen LogP) is 4.69. The van der Waals surface area contributed by atoms with Crippen molar-refractivity contribution in [2.75, 3.05) is 0 Å². The molecule has 0 aromatic heterocycles. The lowest BCUT2D eigenvalue weighted by atomic mass is 9.82. The zero-order valence-corrected chi connectivity index (χ0v) is 13.4. The molecule has 0 saturated heterocycles. The molecule has 2 N–H and O–H groups in total. The second-order valence-corrected chi connectivity index (χ2v) is 7.60. The average Bonchev–Trinajstić information content (AvgIpc) is 3.11. The molecule has 2 nitrogen and oxygen atoms in total. The van der Waals surface area contributed by atoms with Gasteiger partial charge in [-0.1, -0.05) is 39.8 Å². The van der Waals surface area contributed by atoms with E-state index in [0.29, 0.717) is 17.4 Å². The molecule has 0 aliphatic heterocycles. The molecule has 1 aromatic carbocycles. The second-order valence-electron chi connectivity index (χ2n) is 7.60. The molecule has 2 atom stereocenters. The van der Waals surface area contributed by atoms with E-state index in [9.17, 15) is 0 Å². The summed E-state index contributed by atoms with van der Waals surface area (Å²) >= 11 is 0. The Bertz CT molecular complexity index is 414. The third-order valence-corrected chi connectivity index (χ3v) is 3.75. The van der Waals surface area contributed by atoms with Crippen LogP contribution < -0.4 is 10.5 Å². The highest BCUT2D eigenvalue weighted by molar-refractivity contribution is 5.29. The SMILES string of the molecule is CC(CC(N)c1ccc(OC2CC2)cc1)CC(C)(C)C. The van der Waals surface area contributed by atoms with Crippen molar-refractivity contribution in [1.82, 2.24) is 0 Å². The molecule has 2 unspecified atom stereocenters. The van der Waals surface area contributed by atoms with Crippen molar-refractivity contribution in [3.05, 3.63) is 29.8 Å². The fraction of sp³-hybridized carbons (Fsp3) is 0.667. The minimum Gasteiger partial charge on any atom is -0.490 e. The summed E-state index contributed by atoms with van der Waals surface area (Å²) in [4.78, 5) is 0. The van der Waals surface area contributed by atoms with Crippen molar-refractivity contribution in [2.24, 2.45) is 17.1 Å². The highest BCUT2D eigenvalue weighted by Crippen LogP contribution is 2.31. The van der Waals surface area contributed by atoms with Crippen LogP contribution in [-0.4, -0.2) is 6.10 Å². The number of hydrogen-bond acceptors (Lipinski definition) is 2. The highest BCUT2D eigenvalue weighted by atomic mass is 16.5. The lowest BCUT2D eigenvalue weighted by molar-refractivity contribution is 0.286. The Morgan fingerprint density at radius 1 is 1.20 bits per heavy atom. The Hall–Kier alpha value is -1.02. The molecular formula is C18H29NO. The number of hydrogen-bond donors (Lipinski definition) is 1. The van der Waals surface area contributed by atoms with Gasteiger partial charge in [0.1, 0.15) is 5.75 Å². The Kier molecular flexibility index (Phi) is 4.74. The van der Waals surface area contributed by atoms with Gasteiger partial charge in [-0.2, -0.15) is 0 Å². The van der Waals surface area contributed by atoms with E-state index in [1.807, 2.05) is 0 Å². The van der Waals surface area contributed by atoms with E-state index in [1.165, 1.54) is 24.8 Å². The van der Waals surface area contributed by atoms with Crippen LogP contribution in [0.1, 0.15) is 65.0 Å². The third-order valence-electron chi connectivity index (χ3n) is 3.75. The van der Waals surface area contributed by atoms with E-state index in [1.54, 1.807) is 0 Å². The van der Waals surface area contributed by atoms with Crippen LogP contribution in [0, 0.1) is 11.3 Å². The first kappa shape index (κ1) is 15.4. The van der Waals surface area contributed by atoms with Crippen molar-refractivity contribution in [3.63, 3.8) is 0 Å². The number of ether oxygens (including phenoxy) is 1. The average molecular weight is 275 g/mol. The van der Waals surface area contributed by atoms with E-state index >= 15 is 0 Å². The van der Waals surface area contributed by atoms with Crippen LogP contribution in [0.5, 0.6) is 5.75 Å². The van der Waals surface area contributed by atoms with Crippen molar-refractivity contribution >= 4 is 0 Å². The summed E-state index contributed by atoms with van der Waals surface area (Å²) in [6, 6.07) is 8.48. The summed E-state index contributed by atoms with van der Waals surface area (Å²) in [7, 11) is 0. The fourth-order valence-corrected chi connectivity index (χ4v) is 2.87. The standard InChI is InChI=1S/C18H29NO/c1-13(12-18(2,3)4)11-17(19)14-5-7-15(8-6-14)20-16-9-10-16/h5-8,13,16-17H,9-12,19H2,1-4H3. The molecule has 0 heterocycles. The van der Waals surface area contributed by atoms with Crippen LogP contribution in [0.4, 0.5) is 0 Å². The van der Waals surface area contributed by atoms with Gasteiger partial charge < -0.3 is 10.5 Å². The number of rotatable bonds is 6. The van der Waals surface area contributed by atoms with E-state index in [-0.39, 0.29) is 6.04 Å². The highest BCUT2D eigenvalue weighted by Gasteiger charge is 2.23. The Labute approximate surface area is 123 Å². The first-order valence-electron chi connectivity index (χ1n) is 7.86. The van der Waals surface area contributed by atoms with Crippen LogP contribution in [0.3, 0.4) is 0 Å². The smallest absolute Gasteiger partial charge is 0.119 e. The second kappa shape index (κ2) is 6.17. The zero-order valence-electron chi connectivity index (χ0n) is 13.4. The Balaban J connectivity index is 1.86. The lowest BCUT2D eigenvalue weighted by Crippen LogP contribution is -2.18. The summed E-state index contributed by atoms with van der Waals surface area (Å²) in [5, 5.41) is 0. The molecule has 0 bridgehead atoms. The first-order valence-corrected chi connectivity index (χ1v) is 7.86. The molecule has 1 aromatic rings. The van der Waals surface area contributed by atoms with Gasteiger partial charge >= 0.3 is 0 Å². The van der Waals surface area contributed by atoms with Crippen molar-refractivity contribution in [1.29, 1.82) is 0 Å². The summed E-state index contributed by atoms with van der Waals surface area (Å²) in [5.41, 5.74) is 7.93. The number of nitrogens with two attached hydrogens (primary N) is 1. The van der Waals surface area contributed by atoms with E-state index in [0.717, 1.165) is 12.2 Å². The maximum Gasteiger partial charge on any atom is 0.119 e. The van der Waals surface area contributed by atoms with E-state index in [4.69, 9.17) is 10.5 Å². The molecule has 0 spiro atoms. The minimum atomic E-state index is 0.127. The van der Waals surface area contributed by atoms with Crippen LogP contribution in [0.15, 0.2) is 24.3 Å². The first-order chi connectivity index (χ1) is 9.33. The van der Waals surface area contributed by atoms with Gasteiger partial charge in [0.25, 0.3) is 0 Å². The van der Waals surface area contributed by atoms with Crippen LogP contribution in [-0.2, 0) is 0 Å². The van der Waals surface area contributed by atoms with E-state index < -0.39 is 0 Å². The van der Waals surface area contributed by atoms with Crippen molar-refractivity contribution in [2.45, 2.75) is 65.5 Å². The monoisotopic (exact) mass is 275 g/mol. The summed E-state index contributed by atoms with van der Waals surface area (Å²) in [5.74, 6) is 1.62. The Morgan fingerprint density at radius 3 is 2.30 bits per heavy atom. The Morgan fingerprint density at radius 2 is 1.80 bits per heavy atom. The maximum atomic E-state index is 6.34. The minimum absolute atomic E-state index is 0.127. The molecule has 20 heavy (non-hydrogen) atoms. The lowest BCUT2D eigenvalue weighted by Gasteiger charge is -2.25. The molecule has 0 radical (unpaired) electrons. The summed E-state index contributed by atoms with van der Waals surface area (Å²) in [6.07, 6.45) is 5.11. The van der Waals surface area contributed by atoms with Crippen molar-refractivity contribution < 1.29 is 4.74 Å². The van der Waals surface area contributed by atoms with Crippen molar-refractivity contribution in [3.8, 4) is 5.75 Å². The maximum absolute atomic E-state index is 6.34. The fourth-order valence-electron chi connectivity index (χ4n) is 2.87. The van der Waals surface area contributed by atoms with Gasteiger partial charge in [-0.15, -0.1) is 0 Å². The van der Waals surface area contributed by atoms with E-state index in [2.05, 4.69) is 52.0 Å². The molecule has 1 aliphatic carbocycles. The molecule has 2 rings (SSSR count). The van der Waals surface area contributed by atoms with Gasteiger partial charge in [0.2, 0.25) is 0 Å². The van der Waals surface area contributed by atoms with Gasteiger partial charge in [0.15, 0.2) is 0 Å². The van der Waals surface area contributed by atoms with Gasteiger partial charge in [-0.05, 0) is 54.7 Å². The normalized spacial score (nSPS) is 18.6. The predicted molar refractivity (Wildman–Crippen MR) is 84.9 cm³/mol. The third kappa shape index (κ3) is 5.16. The number of benzene rings is 1. The van der Waals surface area contributed by atoms with Crippen LogP contribution >= 0.6 is 0 Å². The molecular weight excluding hydrogens is 246 g/mol. The van der Waals surface area contributed by atoms with Gasteiger partial charge in [-0.3, -0.25) is 0 Å². The molecule has 1 saturated carbocycles. The van der Waals surface area contributed by atoms with Crippen LogP contribution in [0.2, 0.25) is 0 Å². The quantitative estimate of drug-likeness (QED) is 0.817. The molecule has 112 valence electrons. The summed E-state index contributed by atoms with van der Waals surface area (Å²) in [6.45, 7) is 9.17. The van der Waals surface area contributed by atoms with Crippen LogP contribution in [0.25, 0.3) is 0 Å². The van der Waals surface area contributed by atoms with Gasteiger partial charge in [-0.25, -0.2) is 0 Å². The molecule has 0 amide bonds. The molecule has 1 aliphatic rings. The van der Waals surface area contributed by atoms with Gasteiger partial charge in [0.05, 0.1) is 6.10 Å². The molecule has 1 fully saturated rings. The summed E-state index contributed by atoms with van der Waals surface area (Å²) < 4.78 is 5.77. The van der Waals surface area contributed by atoms with Gasteiger partial charge in [0, 0.05) is 6.04 Å². The largest absolute Gasteiger partial charge is 0.490 e. The zero-order chi connectivity index (χ0) is 14.8.